The normalized spacial score (nSPS) is 13.9. The second-order valence-electron chi connectivity index (χ2n) is 4.58. The number of nitrogens with zero attached hydrogens (tertiary/aromatic N) is 1. The minimum atomic E-state index is -0.107. The molecule has 1 aliphatic carbocycles. The van der Waals surface area contributed by atoms with Crippen LogP contribution in [0, 0.1) is 6.92 Å². The van der Waals surface area contributed by atoms with Crippen molar-refractivity contribution in [2.45, 2.75) is 26.2 Å². The molecule has 0 aliphatic heterocycles. The molecular weight excluding hydrogens is 276 g/mol. The standard InChI is InChI=1S/C14H14N2OS2/c1-9-5-6-18-13(9)8-15-16-14(17)12-7-10-3-2-4-11(10)19-12/h5-8H,2-4H2,1H3,(H,16,17)/b15-8-. The SMILES string of the molecule is Cc1ccsc1/C=N\NC(=O)c1cc2c(s1)CCC2. The Bertz CT molecular complexity index is 618. The average Bonchev–Trinajstić information content (AvgIpc) is 3.04. The van der Waals surface area contributed by atoms with Crippen molar-refractivity contribution in [3.8, 4) is 0 Å². The van der Waals surface area contributed by atoms with E-state index in [0.717, 1.165) is 22.6 Å². The van der Waals surface area contributed by atoms with Crippen LogP contribution in [0.5, 0.6) is 0 Å². The van der Waals surface area contributed by atoms with Crippen LogP contribution < -0.4 is 5.43 Å². The summed E-state index contributed by atoms with van der Waals surface area (Å²) < 4.78 is 0. The highest BCUT2D eigenvalue weighted by Gasteiger charge is 2.17. The van der Waals surface area contributed by atoms with Gasteiger partial charge in [0.05, 0.1) is 11.1 Å². The van der Waals surface area contributed by atoms with Crippen LogP contribution in [0.15, 0.2) is 22.6 Å². The molecule has 0 aromatic carbocycles. The van der Waals surface area contributed by atoms with Crippen molar-refractivity contribution in [3.05, 3.63) is 43.3 Å². The predicted octanol–water partition coefficient (Wildman–Crippen LogP) is 3.37. The average molecular weight is 290 g/mol. The van der Waals surface area contributed by atoms with Crippen molar-refractivity contribution in [2.24, 2.45) is 5.10 Å². The highest BCUT2D eigenvalue weighted by atomic mass is 32.1. The highest BCUT2D eigenvalue weighted by Crippen LogP contribution is 2.30. The Balaban J connectivity index is 1.65. The molecule has 0 spiro atoms. The molecule has 98 valence electrons. The van der Waals surface area contributed by atoms with E-state index < -0.39 is 0 Å². The minimum absolute atomic E-state index is 0.107. The highest BCUT2D eigenvalue weighted by molar-refractivity contribution is 7.14. The van der Waals surface area contributed by atoms with Gasteiger partial charge in [-0.2, -0.15) is 5.10 Å². The Hall–Kier alpha value is -1.46. The molecule has 1 aliphatic rings. The summed E-state index contributed by atoms with van der Waals surface area (Å²) in [6.07, 6.45) is 5.15. The number of fused-ring (bicyclic) bond motifs is 1. The maximum atomic E-state index is 12.0. The molecule has 1 N–H and O–H groups in total. The number of hydrogen-bond acceptors (Lipinski definition) is 4. The van der Waals surface area contributed by atoms with Crippen LogP contribution in [-0.2, 0) is 12.8 Å². The van der Waals surface area contributed by atoms with Crippen LogP contribution in [0.2, 0.25) is 0 Å². The van der Waals surface area contributed by atoms with Gasteiger partial charge in [0.2, 0.25) is 0 Å². The van der Waals surface area contributed by atoms with Gasteiger partial charge in [-0.25, -0.2) is 5.43 Å². The van der Waals surface area contributed by atoms with Crippen molar-refractivity contribution in [2.75, 3.05) is 0 Å². The lowest BCUT2D eigenvalue weighted by molar-refractivity contribution is 0.0959. The van der Waals surface area contributed by atoms with Crippen molar-refractivity contribution in [1.82, 2.24) is 5.43 Å². The molecule has 0 saturated heterocycles. The van der Waals surface area contributed by atoms with Gasteiger partial charge in [0.1, 0.15) is 0 Å². The number of hydrogen-bond donors (Lipinski definition) is 1. The summed E-state index contributed by atoms with van der Waals surface area (Å²) in [5, 5.41) is 6.04. The van der Waals surface area contributed by atoms with E-state index in [4.69, 9.17) is 0 Å². The third-order valence-electron chi connectivity index (χ3n) is 3.22. The van der Waals surface area contributed by atoms with Crippen LogP contribution in [0.4, 0.5) is 0 Å². The summed E-state index contributed by atoms with van der Waals surface area (Å²) in [5.41, 5.74) is 5.12. The van der Waals surface area contributed by atoms with Crippen molar-refractivity contribution < 1.29 is 4.79 Å². The van der Waals surface area contributed by atoms with Crippen LogP contribution >= 0.6 is 22.7 Å². The first-order valence-electron chi connectivity index (χ1n) is 6.23. The van der Waals surface area contributed by atoms with Crippen molar-refractivity contribution in [1.29, 1.82) is 0 Å². The third kappa shape index (κ3) is 2.62. The fourth-order valence-corrected chi connectivity index (χ4v) is 4.09. The van der Waals surface area contributed by atoms with Gasteiger partial charge in [-0.05, 0) is 54.8 Å². The Labute approximate surface area is 120 Å². The van der Waals surface area contributed by atoms with Crippen LogP contribution in [0.3, 0.4) is 0 Å². The largest absolute Gasteiger partial charge is 0.281 e. The van der Waals surface area contributed by atoms with E-state index in [1.807, 2.05) is 24.4 Å². The number of aryl methyl sites for hydroxylation is 3. The summed E-state index contributed by atoms with van der Waals surface area (Å²) in [6, 6.07) is 4.05. The summed E-state index contributed by atoms with van der Waals surface area (Å²) in [4.78, 5) is 15.2. The van der Waals surface area contributed by atoms with Gasteiger partial charge in [-0.15, -0.1) is 22.7 Å². The van der Waals surface area contributed by atoms with Crippen LogP contribution in [-0.4, -0.2) is 12.1 Å². The molecule has 1 amide bonds. The van der Waals surface area contributed by atoms with Crippen molar-refractivity contribution >= 4 is 34.8 Å². The number of hydrazone groups is 1. The molecule has 2 aromatic heterocycles. The van der Waals surface area contributed by atoms with Crippen LogP contribution in [0.25, 0.3) is 0 Å². The van der Waals surface area contributed by atoms with Gasteiger partial charge in [0, 0.05) is 9.75 Å². The van der Waals surface area contributed by atoms with E-state index in [2.05, 4.69) is 10.5 Å². The van der Waals surface area contributed by atoms with E-state index in [1.165, 1.54) is 22.4 Å². The number of rotatable bonds is 3. The smallest absolute Gasteiger partial charge is 0.266 e. The molecule has 3 nitrogen and oxygen atoms in total. The quantitative estimate of drug-likeness (QED) is 0.683. The maximum Gasteiger partial charge on any atom is 0.281 e. The molecule has 19 heavy (non-hydrogen) atoms. The van der Waals surface area contributed by atoms with E-state index in [0.29, 0.717) is 0 Å². The molecule has 0 atom stereocenters. The monoisotopic (exact) mass is 290 g/mol. The topological polar surface area (TPSA) is 41.5 Å². The fraction of sp³-hybridized carbons (Fsp3) is 0.286. The Kier molecular flexibility index (Phi) is 3.48. The second-order valence-corrected chi connectivity index (χ2v) is 6.66. The summed E-state index contributed by atoms with van der Waals surface area (Å²) in [5.74, 6) is -0.107. The van der Waals surface area contributed by atoms with E-state index in [1.54, 1.807) is 28.9 Å². The van der Waals surface area contributed by atoms with Gasteiger partial charge in [-0.1, -0.05) is 0 Å². The van der Waals surface area contributed by atoms with Gasteiger partial charge in [0.15, 0.2) is 0 Å². The number of nitrogens with one attached hydrogen (secondary N) is 1. The first kappa shape index (κ1) is 12.6. The van der Waals surface area contributed by atoms with Gasteiger partial charge < -0.3 is 0 Å². The van der Waals surface area contributed by atoms with E-state index in [9.17, 15) is 4.79 Å². The zero-order chi connectivity index (χ0) is 13.2. The van der Waals surface area contributed by atoms with E-state index in [-0.39, 0.29) is 5.91 Å². The van der Waals surface area contributed by atoms with Crippen LogP contribution in [0.1, 0.15) is 37.0 Å². The predicted molar refractivity (Wildman–Crippen MR) is 80.5 cm³/mol. The van der Waals surface area contributed by atoms with E-state index >= 15 is 0 Å². The molecular formula is C14H14N2OS2. The lowest BCUT2D eigenvalue weighted by Gasteiger charge is -1.96. The minimum Gasteiger partial charge on any atom is -0.266 e. The Morgan fingerprint density at radius 1 is 1.47 bits per heavy atom. The maximum absolute atomic E-state index is 12.0. The first-order chi connectivity index (χ1) is 9.24. The lowest BCUT2D eigenvalue weighted by atomic mass is 10.2. The molecule has 0 unspecified atom stereocenters. The molecule has 0 bridgehead atoms. The van der Waals surface area contributed by atoms with Crippen molar-refractivity contribution in [3.63, 3.8) is 0 Å². The zero-order valence-electron chi connectivity index (χ0n) is 10.6. The zero-order valence-corrected chi connectivity index (χ0v) is 12.2. The fourth-order valence-electron chi connectivity index (χ4n) is 2.16. The number of thiophene rings is 2. The molecule has 5 heteroatoms. The number of carbonyl (C=O) groups is 1. The summed E-state index contributed by atoms with van der Waals surface area (Å²) in [7, 11) is 0. The van der Waals surface area contributed by atoms with Gasteiger partial charge in [-0.3, -0.25) is 4.79 Å². The molecule has 2 aromatic rings. The molecule has 2 heterocycles. The lowest BCUT2D eigenvalue weighted by Crippen LogP contribution is -2.16. The molecule has 3 rings (SSSR count). The summed E-state index contributed by atoms with van der Waals surface area (Å²) in [6.45, 7) is 2.03. The molecule has 0 saturated carbocycles. The third-order valence-corrected chi connectivity index (χ3v) is 5.41. The molecule has 0 radical (unpaired) electrons. The van der Waals surface area contributed by atoms with Gasteiger partial charge >= 0.3 is 0 Å². The first-order valence-corrected chi connectivity index (χ1v) is 7.93. The number of amides is 1. The second kappa shape index (κ2) is 5.27. The molecule has 0 fully saturated rings. The number of carbonyl (C=O) groups excluding carboxylic acids is 1. The Morgan fingerprint density at radius 2 is 2.37 bits per heavy atom. The summed E-state index contributed by atoms with van der Waals surface area (Å²) >= 11 is 3.22. The Morgan fingerprint density at radius 3 is 3.11 bits per heavy atom. The van der Waals surface area contributed by atoms with Gasteiger partial charge in [0.25, 0.3) is 5.91 Å².